The van der Waals surface area contributed by atoms with Gasteiger partial charge in [-0.1, -0.05) is 6.07 Å². The number of amides is 1. The summed E-state index contributed by atoms with van der Waals surface area (Å²) in [4.78, 5) is 30.5. The summed E-state index contributed by atoms with van der Waals surface area (Å²) in [5.74, 6) is 0.486. The number of aromatic nitrogens is 3. The van der Waals surface area contributed by atoms with Crippen LogP contribution in [0.1, 0.15) is 23.2 Å². The topological polar surface area (TPSA) is 59.6 Å². The second-order valence-corrected chi connectivity index (χ2v) is 6.57. The fourth-order valence-electron chi connectivity index (χ4n) is 3.47. The lowest BCUT2D eigenvalue weighted by atomic mass is 9.96. The van der Waals surface area contributed by atoms with Gasteiger partial charge in [-0.05, 0) is 37.0 Å². The Morgan fingerprint density at radius 3 is 2.80 bits per heavy atom. The molecule has 4 rings (SSSR count). The number of nitrogens with zero attached hydrogens (tertiary/aromatic N) is 4. The molecule has 0 aliphatic carbocycles. The first-order chi connectivity index (χ1) is 12.2. The van der Waals surface area contributed by atoms with Gasteiger partial charge >= 0.3 is 0 Å². The van der Waals surface area contributed by atoms with Crippen LogP contribution in [0.2, 0.25) is 0 Å². The molecule has 0 unspecified atom stereocenters. The van der Waals surface area contributed by atoms with E-state index < -0.39 is 0 Å². The van der Waals surface area contributed by atoms with Gasteiger partial charge in [-0.3, -0.25) is 14.2 Å². The molecule has 1 fully saturated rings. The van der Waals surface area contributed by atoms with Crippen LogP contribution >= 0.6 is 0 Å². The number of carbonyl (C=O) groups excluding carboxylic acids is 1. The fourth-order valence-corrected chi connectivity index (χ4v) is 3.47. The van der Waals surface area contributed by atoms with Gasteiger partial charge in [0.15, 0.2) is 0 Å². The minimum Gasteiger partial charge on any atom is -0.339 e. The van der Waals surface area contributed by atoms with E-state index in [1.54, 1.807) is 10.9 Å². The predicted octanol–water partition coefficient (Wildman–Crippen LogP) is 2.05. The van der Waals surface area contributed by atoms with E-state index in [0.717, 1.165) is 37.0 Å². The van der Waals surface area contributed by atoms with Gasteiger partial charge in [0.05, 0.1) is 11.9 Å². The van der Waals surface area contributed by atoms with Crippen molar-refractivity contribution in [3.05, 3.63) is 71.2 Å². The van der Waals surface area contributed by atoms with Crippen molar-refractivity contribution in [1.29, 1.82) is 0 Å². The van der Waals surface area contributed by atoms with Gasteiger partial charge in [0.25, 0.3) is 11.5 Å². The van der Waals surface area contributed by atoms with Crippen LogP contribution in [0.3, 0.4) is 0 Å². The Balaban J connectivity index is 1.40. The molecule has 4 heterocycles. The maximum absolute atomic E-state index is 12.7. The molecule has 1 amide bonds. The minimum absolute atomic E-state index is 0.0194. The molecule has 1 aliphatic rings. The lowest BCUT2D eigenvalue weighted by Gasteiger charge is -2.32. The molecule has 3 aromatic rings. The van der Waals surface area contributed by atoms with Crippen LogP contribution in [0.4, 0.5) is 0 Å². The van der Waals surface area contributed by atoms with Crippen LogP contribution in [0.25, 0.3) is 5.52 Å². The first-order valence-corrected chi connectivity index (χ1v) is 8.57. The van der Waals surface area contributed by atoms with E-state index in [9.17, 15) is 9.59 Å². The van der Waals surface area contributed by atoms with Crippen LogP contribution in [-0.4, -0.2) is 37.8 Å². The standard InChI is InChI=1S/C19H20N4O2/c24-18-4-7-20-14-23(18)12-15-5-9-21(10-6-15)19(25)16-11-17-3-1-2-8-22(17)13-16/h1-4,7-8,11,13-15H,5-6,9-10,12H2. The lowest BCUT2D eigenvalue weighted by Crippen LogP contribution is -2.39. The molecule has 6 heteroatoms. The highest BCUT2D eigenvalue weighted by atomic mass is 16.2. The minimum atomic E-state index is -0.0194. The van der Waals surface area contributed by atoms with Crippen molar-refractivity contribution in [1.82, 2.24) is 18.9 Å². The zero-order valence-corrected chi connectivity index (χ0v) is 13.9. The van der Waals surface area contributed by atoms with Crippen LogP contribution in [0.5, 0.6) is 0 Å². The smallest absolute Gasteiger partial charge is 0.255 e. The quantitative estimate of drug-likeness (QED) is 0.735. The molecule has 0 bridgehead atoms. The van der Waals surface area contributed by atoms with Gasteiger partial charge in [0.1, 0.15) is 0 Å². The van der Waals surface area contributed by atoms with Gasteiger partial charge in [0, 0.05) is 49.8 Å². The number of fused-ring (bicyclic) bond motifs is 1. The Kier molecular flexibility index (Phi) is 4.09. The molecular formula is C19H20N4O2. The van der Waals surface area contributed by atoms with Crippen molar-refractivity contribution in [2.24, 2.45) is 5.92 Å². The summed E-state index contributed by atoms with van der Waals surface area (Å²) in [7, 11) is 0. The average Bonchev–Trinajstić information content (AvgIpc) is 3.08. The van der Waals surface area contributed by atoms with Crippen molar-refractivity contribution in [3.63, 3.8) is 0 Å². The number of carbonyl (C=O) groups is 1. The molecule has 0 N–H and O–H groups in total. The van der Waals surface area contributed by atoms with Crippen LogP contribution in [0, 0.1) is 5.92 Å². The lowest BCUT2D eigenvalue weighted by molar-refractivity contribution is 0.0682. The number of hydrogen-bond donors (Lipinski definition) is 0. The summed E-state index contributed by atoms with van der Waals surface area (Å²) in [6.45, 7) is 2.13. The maximum Gasteiger partial charge on any atom is 0.255 e. The van der Waals surface area contributed by atoms with Crippen molar-refractivity contribution >= 4 is 11.4 Å². The van der Waals surface area contributed by atoms with E-state index in [4.69, 9.17) is 0 Å². The normalized spacial score (nSPS) is 15.6. The summed E-state index contributed by atoms with van der Waals surface area (Å²) in [6.07, 6.45) is 8.75. The largest absolute Gasteiger partial charge is 0.339 e. The van der Waals surface area contributed by atoms with Crippen molar-refractivity contribution in [2.75, 3.05) is 13.1 Å². The fraction of sp³-hybridized carbons (Fsp3) is 0.316. The Hall–Kier alpha value is -2.89. The van der Waals surface area contributed by atoms with Crippen LogP contribution < -0.4 is 5.56 Å². The molecule has 0 aromatic carbocycles. The molecule has 128 valence electrons. The maximum atomic E-state index is 12.7. The zero-order valence-electron chi connectivity index (χ0n) is 13.9. The van der Waals surface area contributed by atoms with E-state index in [-0.39, 0.29) is 11.5 Å². The monoisotopic (exact) mass is 336 g/mol. The van der Waals surface area contributed by atoms with E-state index in [2.05, 4.69) is 4.98 Å². The van der Waals surface area contributed by atoms with Gasteiger partial charge in [-0.15, -0.1) is 0 Å². The second-order valence-electron chi connectivity index (χ2n) is 6.57. The highest BCUT2D eigenvalue weighted by molar-refractivity contribution is 5.95. The van der Waals surface area contributed by atoms with Crippen LogP contribution in [0.15, 0.2) is 60.0 Å². The number of pyridine rings is 1. The number of hydrogen-bond acceptors (Lipinski definition) is 3. The van der Waals surface area contributed by atoms with E-state index in [0.29, 0.717) is 12.5 Å². The Morgan fingerprint density at radius 2 is 2.04 bits per heavy atom. The third-order valence-electron chi connectivity index (χ3n) is 4.90. The molecule has 1 saturated heterocycles. The highest BCUT2D eigenvalue weighted by Gasteiger charge is 2.24. The zero-order chi connectivity index (χ0) is 17.2. The van der Waals surface area contributed by atoms with Crippen molar-refractivity contribution in [3.8, 4) is 0 Å². The molecular weight excluding hydrogens is 316 g/mol. The first kappa shape index (κ1) is 15.6. The second kappa shape index (κ2) is 6.55. The third kappa shape index (κ3) is 3.20. The van der Waals surface area contributed by atoms with Crippen molar-refractivity contribution in [2.45, 2.75) is 19.4 Å². The van der Waals surface area contributed by atoms with Gasteiger partial charge < -0.3 is 9.30 Å². The van der Waals surface area contributed by atoms with Gasteiger partial charge in [-0.25, -0.2) is 4.98 Å². The van der Waals surface area contributed by atoms with E-state index in [1.165, 1.54) is 12.3 Å². The van der Waals surface area contributed by atoms with Gasteiger partial charge in [0.2, 0.25) is 0 Å². The third-order valence-corrected chi connectivity index (χ3v) is 4.90. The highest BCUT2D eigenvalue weighted by Crippen LogP contribution is 2.21. The summed E-state index contributed by atoms with van der Waals surface area (Å²) >= 11 is 0. The molecule has 0 radical (unpaired) electrons. The van der Waals surface area contributed by atoms with Gasteiger partial charge in [-0.2, -0.15) is 0 Å². The predicted molar refractivity (Wildman–Crippen MR) is 94.5 cm³/mol. The summed E-state index contributed by atoms with van der Waals surface area (Å²) in [5.41, 5.74) is 1.74. The summed E-state index contributed by atoms with van der Waals surface area (Å²) in [6, 6.07) is 9.33. The Bertz CT molecular complexity index is 918. The van der Waals surface area contributed by atoms with Crippen LogP contribution in [-0.2, 0) is 6.54 Å². The van der Waals surface area contributed by atoms with E-state index >= 15 is 0 Å². The SMILES string of the molecule is O=C(c1cc2ccccn2c1)N1CCC(Cn2cnccc2=O)CC1. The Morgan fingerprint density at radius 1 is 1.20 bits per heavy atom. The summed E-state index contributed by atoms with van der Waals surface area (Å²) in [5, 5.41) is 0. The molecule has 0 atom stereocenters. The molecule has 0 saturated carbocycles. The van der Waals surface area contributed by atoms with E-state index in [1.807, 2.05) is 46.0 Å². The number of rotatable bonds is 3. The molecule has 25 heavy (non-hydrogen) atoms. The molecule has 0 spiro atoms. The molecule has 6 nitrogen and oxygen atoms in total. The number of piperidine rings is 1. The Labute approximate surface area is 145 Å². The summed E-state index contributed by atoms with van der Waals surface area (Å²) < 4.78 is 3.62. The molecule has 1 aliphatic heterocycles. The van der Waals surface area contributed by atoms with Crippen molar-refractivity contribution < 1.29 is 4.79 Å². The average molecular weight is 336 g/mol. The first-order valence-electron chi connectivity index (χ1n) is 8.57. The molecule has 3 aromatic heterocycles. The number of likely N-dealkylation sites (tertiary alicyclic amines) is 1.